The topological polar surface area (TPSA) is 54.0 Å². The molecule has 0 unspecified atom stereocenters. The second-order valence-corrected chi connectivity index (χ2v) is 3.76. The summed E-state index contributed by atoms with van der Waals surface area (Å²) >= 11 is 0. The van der Waals surface area contributed by atoms with E-state index in [1.54, 1.807) is 24.3 Å². The Balaban J connectivity index is 2.25. The molecule has 0 spiro atoms. The Morgan fingerprint density at radius 1 is 1.05 bits per heavy atom. The molecule has 0 aliphatic rings. The van der Waals surface area contributed by atoms with Crippen molar-refractivity contribution in [3.05, 3.63) is 29.8 Å². The van der Waals surface area contributed by atoms with E-state index in [4.69, 9.17) is 14.4 Å². The molecule has 5 heteroatoms. The Morgan fingerprint density at radius 3 is 2.42 bits per heavy atom. The lowest BCUT2D eigenvalue weighted by Crippen LogP contribution is -2.10. The summed E-state index contributed by atoms with van der Waals surface area (Å²) in [4.78, 5) is 21.0. The van der Waals surface area contributed by atoms with Crippen molar-refractivity contribution in [2.45, 2.75) is 20.3 Å². The molecule has 19 heavy (non-hydrogen) atoms. The first-order valence-electron chi connectivity index (χ1n) is 6.42. The maximum atomic E-state index is 11.6. The summed E-state index contributed by atoms with van der Waals surface area (Å²) in [5.41, 5.74) is 0.415. The quantitative estimate of drug-likeness (QED) is 0.391. The monoisotopic (exact) mass is 268 g/mol. The highest BCUT2D eigenvalue weighted by Crippen LogP contribution is 2.12. The van der Waals surface area contributed by atoms with E-state index in [1.165, 1.54) is 0 Å². The molecule has 0 aromatic heterocycles. The summed E-state index contributed by atoms with van der Waals surface area (Å²) in [6, 6.07) is 6.68. The lowest BCUT2D eigenvalue weighted by atomic mass is 10.2. The molecular weight excluding hydrogens is 248 g/mol. The van der Waals surface area contributed by atoms with Crippen LogP contribution >= 0.6 is 0 Å². The molecule has 0 bridgehead atoms. The molecule has 0 aliphatic carbocycles. The predicted molar refractivity (Wildman–Crippen MR) is 70.1 cm³/mol. The van der Waals surface area contributed by atoms with Gasteiger partial charge in [0.05, 0.1) is 18.8 Å². The molecule has 0 heterocycles. The van der Waals surface area contributed by atoms with E-state index in [2.05, 4.69) is 4.89 Å². The fourth-order valence-corrected chi connectivity index (χ4v) is 1.34. The van der Waals surface area contributed by atoms with Crippen LogP contribution in [-0.4, -0.2) is 32.4 Å². The third-order valence-electron chi connectivity index (χ3n) is 2.20. The van der Waals surface area contributed by atoms with Gasteiger partial charge in [-0.2, -0.15) is 4.89 Å². The van der Waals surface area contributed by atoms with Crippen LogP contribution < -0.4 is 4.74 Å². The SMILES string of the molecule is CCCOCCOOC(=O)c1ccc(OCC)cc1. The third kappa shape index (κ3) is 6.22. The van der Waals surface area contributed by atoms with Crippen LogP contribution in [0.25, 0.3) is 0 Å². The number of rotatable bonds is 9. The zero-order valence-electron chi connectivity index (χ0n) is 11.4. The van der Waals surface area contributed by atoms with E-state index in [1.807, 2.05) is 13.8 Å². The van der Waals surface area contributed by atoms with Crippen molar-refractivity contribution >= 4 is 5.97 Å². The first-order chi connectivity index (χ1) is 9.27. The van der Waals surface area contributed by atoms with Gasteiger partial charge in [0, 0.05) is 6.61 Å². The number of hydrogen-bond donors (Lipinski definition) is 0. The highest BCUT2D eigenvalue weighted by Gasteiger charge is 2.08. The molecule has 0 radical (unpaired) electrons. The van der Waals surface area contributed by atoms with Gasteiger partial charge in [-0.15, -0.1) is 0 Å². The van der Waals surface area contributed by atoms with E-state index in [0.717, 1.165) is 6.42 Å². The molecule has 1 aromatic carbocycles. The van der Waals surface area contributed by atoms with Crippen LogP contribution in [0.3, 0.4) is 0 Å². The zero-order valence-corrected chi connectivity index (χ0v) is 11.4. The zero-order chi connectivity index (χ0) is 13.9. The van der Waals surface area contributed by atoms with E-state index >= 15 is 0 Å². The van der Waals surface area contributed by atoms with Crippen LogP contribution in [0.1, 0.15) is 30.6 Å². The molecule has 0 saturated heterocycles. The minimum atomic E-state index is -0.529. The summed E-state index contributed by atoms with van der Waals surface area (Å²) in [6.07, 6.45) is 0.950. The largest absolute Gasteiger partial charge is 0.494 e. The van der Waals surface area contributed by atoms with Gasteiger partial charge in [-0.25, -0.2) is 4.79 Å². The standard InChI is InChI=1S/C14H20O5/c1-3-9-16-10-11-18-19-14(15)12-5-7-13(8-6-12)17-4-2/h5-8H,3-4,9-11H2,1-2H3. The van der Waals surface area contributed by atoms with Crippen molar-refractivity contribution in [3.8, 4) is 5.75 Å². The highest BCUT2D eigenvalue weighted by atomic mass is 17.2. The number of hydrogen-bond acceptors (Lipinski definition) is 5. The van der Waals surface area contributed by atoms with Gasteiger partial charge in [0.1, 0.15) is 12.4 Å². The molecule has 0 amide bonds. The van der Waals surface area contributed by atoms with Crippen molar-refractivity contribution in [1.29, 1.82) is 0 Å². The molecule has 0 aliphatic heterocycles. The lowest BCUT2D eigenvalue weighted by Gasteiger charge is -2.05. The van der Waals surface area contributed by atoms with Gasteiger partial charge in [0.25, 0.3) is 0 Å². The van der Waals surface area contributed by atoms with Gasteiger partial charge >= 0.3 is 5.97 Å². The Bertz CT molecular complexity index is 361. The molecule has 0 N–H and O–H groups in total. The smallest absolute Gasteiger partial charge is 0.373 e. The second-order valence-electron chi connectivity index (χ2n) is 3.76. The van der Waals surface area contributed by atoms with Crippen LogP contribution in [0, 0.1) is 0 Å². The Kier molecular flexibility index (Phi) is 7.62. The molecule has 1 rings (SSSR count). The van der Waals surface area contributed by atoms with Crippen LogP contribution in [0.4, 0.5) is 0 Å². The molecular formula is C14H20O5. The average Bonchev–Trinajstić information content (AvgIpc) is 2.43. The van der Waals surface area contributed by atoms with Crippen LogP contribution in [-0.2, 0) is 14.5 Å². The van der Waals surface area contributed by atoms with E-state index in [9.17, 15) is 4.79 Å². The van der Waals surface area contributed by atoms with Crippen molar-refractivity contribution in [1.82, 2.24) is 0 Å². The van der Waals surface area contributed by atoms with Gasteiger partial charge in [0.2, 0.25) is 0 Å². The highest BCUT2D eigenvalue weighted by molar-refractivity contribution is 5.89. The van der Waals surface area contributed by atoms with Crippen LogP contribution in [0.15, 0.2) is 24.3 Å². The number of carbonyl (C=O) groups is 1. The van der Waals surface area contributed by atoms with Crippen molar-refractivity contribution in [3.63, 3.8) is 0 Å². The first kappa shape index (κ1) is 15.5. The predicted octanol–water partition coefficient (Wildman–Crippen LogP) is 2.60. The Hall–Kier alpha value is -1.59. The van der Waals surface area contributed by atoms with Gasteiger partial charge in [-0.05, 0) is 37.6 Å². The van der Waals surface area contributed by atoms with Gasteiger partial charge in [-0.3, -0.25) is 4.89 Å². The van der Waals surface area contributed by atoms with Crippen molar-refractivity contribution < 1.29 is 24.0 Å². The van der Waals surface area contributed by atoms with Gasteiger partial charge < -0.3 is 9.47 Å². The van der Waals surface area contributed by atoms with Crippen molar-refractivity contribution in [2.24, 2.45) is 0 Å². The number of benzene rings is 1. The number of carbonyl (C=O) groups excluding carboxylic acids is 1. The molecule has 0 atom stereocenters. The minimum absolute atomic E-state index is 0.225. The molecule has 106 valence electrons. The first-order valence-corrected chi connectivity index (χ1v) is 6.42. The third-order valence-corrected chi connectivity index (χ3v) is 2.20. The second kappa shape index (κ2) is 9.35. The van der Waals surface area contributed by atoms with E-state index < -0.39 is 5.97 Å². The average molecular weight is 268 g/mol. The Morgan fingerprint density at radius 2 is 1.79 bits per heavy atom. The summed E-state index contributed by atoms with van der Waals surface area (Å²) in [7, 11) is 0. The molecule has 0 fully saturated rings. The maximum Gasteiger partial charge on any atom is 0.373 e. The fraction of sp³-hybridized carbons (Fsp3) is 0.500. The van der Waals surface area contributed by atoms with E-state index in [0.29, 0.717) is 31.1 Å². The van der Waals surface area contributed by atoms with E-state index in [-0.39, 0.29) is 6.61 Å². The normalized spacial score (nSPS) is 10.2. The summed E-state index contributed by atoms with van der Waals surface area (Å²) < 4.78 is 10.5. The summed E-state index contributed by atoms with van der Waals surface area (Å²) in [6.45, 7) is 5.82. The summed E-state index contributed by atoms with van der Waals surface area (Å²) in [5, 5.41) is 0. The minimum Gasteiger partial charge on any atom is -0.494 e. The number of ether oxygens (including phenoxy) is 2. The lowest BCUT2D eigenvalue weighted by molar-refractivity contribution is -0.247. The maximum absolute atomic E-state index is 11.6. The Labute approximate surface area is 113 Å². The van der Waals surface area contributed by atoms with Gasteiger partial charge in [-0.1, -0.05) is 6.92 Å². The summed E-state index contributed by atoms with van der Waals surface area (Å²) in [5.74, 6) is 0.187. The fourth-order valence-electron chi connectivity index (χ4n) is 1.34. The van der Waals surface area contributed by atoms with Crippen LogP contribution in [0.5, 0.6) is 5.75 Å². The van der Waals surface area contributed by atoms with Crippen LogP contribution in [0.2, 0.25) is 0 Å². The van der Waals surface area contributed by atoms with Crippen molar-refractivity contribution in [2.75, 3.05) is 26.4 Å². The molecule has 5 nitrogen and oxygen atoms in total. The molecule has 1 aromatic rings. The molecule has 0 saturated carbocycles. The van der Waals surface area contributed by atoms with Gasteiger partial charge in [0.15, 0.2) is 0 Å².